The molecule has 1 aromatic heterocycles. The van der Waals surface area contributed by atoms with Crippen LogP contribution in [0.3, 0.4) is 0 Å². The van der Waals surface area contributed by atoms with E-state index in [1.54, 1.807) is 12.4 Å². The normalized spacial score (nSPS) is 10.2. The zero-order chi connectivity index (χ0) is 11.9. The van der Waals surface area contributed by atoms with Crippen LogP contribution in [0.2, 0.25) is 0 Å². The third-order valence-corrected chi connectivity index (χ3v) is 2.48. The molecule has 88 valence electrons. The Morgan fingerprint density at radius 1 is 1.06 bits per heavy atom. The van der Waals surface area contributed by atoms with Gasteiger partial charge in [-0.15, -0.1) is 0 Å². The largest absolute Gasteiger partial charge is 0.493 e. The molecule has 0 bridgehead atoms. The summed E-state index contributed by atoms with van der Waals surface area (Å²) in [5.41, 5.74) is 7.66. The smallest absolute Gasteiger partial charge is 0.127 e. The van der Waals surface area contributed by atoms with Crippen LogP contribution in [-0.4, -0.2) is 18.1 Å². The predicted octanol–water partition coefficient (Wildman–Crippen LogP) is 2.48. The lowest BCUT2D eigenvalue weighted by molar-refractivity contribution is 0.314. The van der Waals surface area contributed by atoms with Gasteiger partial charge >= 0.3 is 0 Å². The second-order valence-electron chi connectivity index (χ2n) is 3.72. The van der Waals surface area contributed by atoms with E-state index in [0.717, 1.165) is 23.3 Å². The minimum Gasteiger partial charge on any atom is -0.493 e. The van der Waals surface area contributed by atoms with E-state index in [1.807, 2.05) is 36.4 Å². The van der Waals surface area contributed by atoms with E-state index in [-0.39, 0.29) is 0 Å². The summed E-state index contributed by atoms with van der Waals surface area (Å²) in [5, 5.41) is 0. The first-order valence-electron chi connectivity index (χ1n) is 5.74. The maximum atomic E-state index is 5.73. The number of nitrogens with two attached hydrogens (primary N) is 1. The van der Waals surface area contributed by atoms with Crippen LogP contribution < -0.4 is 10.5 Å². The van der Waals surface area contributed by atoms with Crippen molar-refractivity contribution in [3.05, 3.63) is 48.8 Å². The van der Waals surface area contributed by atoms with Crippen LogP contribution >= 0.6 is 0 Å². The highest BCUT2D eigenvalue weighted by atomic mass is 16.5. The maximum absolute atomic E-state index is 5.73. The molecule has 0 atom stereocenters. The Morgan fingerprint density at radius 2 is 1.82 bits per heavy atom. The molecule has 0 fully saturated rings. The number of nitrogens with zero attached hydrogens (tertiary/aromatic N) is 1. The number of benzene rings is 1. The molecule has 2 N–H and O–H groups in total. The molecule has 0 aliphatic rings. The van der Waals surface area contributed by atoms with Crippen molar-refractivity contribution in [3.8, 4) is 16.9 Å². The highest BCUT2D eigenvalue weighted by molar-refractivity contribution is 5.69. The fourth-order valence-corrected chi connectivity index (χ4v) is 1.63. The number of para-hydroxylation sites is 1. The fourth-order valence-electron chi connectivity index (χ4n) is 1.63. The lowest BCUT2D eigenvalue weighted by Crippen LogP contribution is -2.06. The van der Waals surface area contributed by atoms with Gasteiger partial charge in [0.2, 0.25) is 0 Å². The lowest BCUT2D eigenvalue weighted by atomic mass is 10.1. The molecule has 2 aromatic rings. The highest BCUT2D eigenvalue weighted by Gasteiger charge is 2.04. The van der Waals surface area contributed by atoms with Gasteiger partial charge in [0.1, 0.15) is 5.75 Å². The van der Waals surface area contributed by atoms with E-state index < -0.39 is 0 Å². The van der Waals surface area contributed by atoms with Gasteiger partial charge in [-0.25, -0.2) is 0 Å². The molecule has 0 aliphatic carbocycles. The van der Waals surface area contributed by atoms with Gasteiger partial charge < -0.3 is 10.5 Å². The molecule has 0 aliphatic heterocycles. The Hall–Kier alpha value is -1.87. The van der Waals surface area contributed by atoms with Gasteiger partial charge in [-0.05, 0) is 36.7 Å². The van der Waals surface area contributed by atoms with Gasteiger partial charge in [0.05, 0.1) is 6.61 Å². The zero-order valence-corrected chi connectivity index (χ0v) is 9.67. The minimum atomic E-state index is 0.650. The minimum absolute atomic E-state index is 0.650. The standard InChI is InChI=1S/C14H16N2O/c15-8-3-11-17-14-5-2-1-4-13(14)12-6-9-16-10-7-12/h1-2,4-7,9-10H,3,8,11,15H2. The average molecular weight is 228 g/mol. The first-order chi connectivity index (χ1) is 8.42. The van der Waals surface area contributed by atoms with Gasteiger partial charge in [-0.3, -0.25) is 4.98 Å². The van der Waals surface area contributed by atoms with E-state index in [1.165, 1.54) is 0 Å². The highest BCUT2D eigenvalue weighted by Crippen LogP contribution is 2.29. The topological polar surface area (TPSA) is 48.1 Å². The second kappa shape index (κ2) is 6.01. The van der Waals surface area contributed by atoms with E-state index in [9.17, 15) is 0 Å². The molecule has 0 saturated heterocycles. The van der Waals surface area contributed by atoms with Crippen LogP contribution in [0, 0.1) is 0 Å². The Kier molecular flexibility index (Phi) is 4.11. The van der Waals surface area contributed by atoms with Crippen molar-refractivity contribution in [2.45, 2.75) is 6.42 Å². The summed E-state index contributed by atoms with van der Waals surface area (Å²) < 4.78 is 5.73. The zero-order valence-electron chi connectivity index (χ0n) is 9.67. The molecule has 0 amide bonds. The third-order valence-electron chi connectivity index (χ3n) is 2.48. The molecule has 3 heteroatoms. The Bertz CT molecular complexity index is 457. The molecule has 3 nitrogen and oxygen atoms in total. The number of ether oxygens (including phenoxy) is 1. The van der Waals surface area contributed by atoms with Gasteiger partial charge in [0.25, 0.3) is 0 Å². The summed E-state index contributed by atoms with van der Waals surface area (Å²) in [6.07, 6.45) is 4.43. The average Bonchev–Trinajstić information content (AvgIpc) is 2.41. The summed E-state index contributed by atoms with van der Waals surface area (Å²) in [6.45, 7) is 1.30. The van der Waals surface area contributed by atoms with Crippen LogP contribution in [0.5, 0.6) is 5.75 Å². The van der Waals surface area contributed by atoms with Gasteiger partial charge in [-0.1, -0.05) is 18.2 Å². The molecule has 1 heterocycles. The molecule has 2 rings (SSSR count). The molecular weight excluding hydrogens is 212 g/mol. The Morgan fingerprint density at radius 3 is 2.59 bits per heavy atom. The lowest BCUT2D eigenvalue weighted by Gasteiger charge is -2.10. The van der Waals surface area contributed by atoms with E-state index in [2.05, 4.69) is 4.98 Å². The second-order valence-corrected chi connectivity index (χ2v) is 3.72. The molecule has 0 saturated carbocycles. The van der Waals surface area contributed by atoms with Crippen molar-refractivity contribution in [2.24, 2.45) is 5.73 Å². The van der Waals surface area contributed by atoms with E-state index in [0.29, 0.717) is 13.2 Å². The number of hydrogen-bond donors (Lipinski definition) is 1. The first kappa shape index (κ1) is 11.6. The molecule has 1 aromatic carbocycles. The number of hydrogen-bond acceptors (Lipinski definition) is 3. The van der Waals surface area contributed by atoms with Crippen molar-refractivity contribution in [2.75, 3.05) is 13.2 Å². The van der Waals surface area contributed by atoms with Crippen molar-refractivity contribution >= 4 is 0 Å². The molecular formula is C14H16N2O. The first-order valence-corrected chi connectivity index (χ1v) is 5.74. The summed E-state index contributed by atoms with van der Waals surface area (Å²) >= 11 is 0. The van der Waals surface area contributed by atoms with Gasteiger partial charge in [-0.2, -0.15) is 0 Å². The predicted molar refractivity (Wildman–Crippen MR) is 68.8 cm³/mol. The van der Waals surface area contributed by atoms with Crippen molar-refractivity contribution in [3.63, 3.8) is 0 Å². The molecule has 0 spiro atoms. The van der Waals surface area contributed by atoms with Crippen molar-refractivity contribution in [1.82, 2.24) is 4.98 Å². The number of rotatable bonds is 5. The van der Waals surface area contributed by atoms with Crippen LogP contribution in [0.15, 0.2) is 48.8 Å². The van der Waals surface area contributed by atoms with E-state index in [4.69, 9.17) is 10.5 Å². The van der Waals surface area contributed by atoms with Crippen molar-refractivity contribution < 1.29 is 4.74 Å². The summed E-state index contributed by atoms with van der Waals surface area (Å²) in [6, 6.07) is 12.0. The van der Waals surface area contributed by atoms with Crippen LogP contribution in [0.4, 0.5) is 0 Å². The monoisotopic (exact) mass is 228 g/mol. The molecule has 17 heavy (non-hydrogen) atoms. The number of aromatic nitrogens is 1. The summed E-state index contributed by atoms with van der Waals surface area (Å²) in [7, 11) is 0. The molecule has 0 unspecified atom stereocenters. The van der Waals surface area contributed by atoms with Gasteiger partial charge in [0.15, 0.2) is 0 Å². The van der Waals surface area contributed by atoms with Crippen molar-refractivity contribution in [1.29, 1.82) is 0 Å². The Labute approximate surface area is 101 Å². The molecule has 0 radical (unpaired) electrons. The van der Waals surface area contributed by atoms with E-state index >= 15 is 0 Å². The maximum Gasteiger partial charge on any atom is 0.127 e. The summed E-state index contributed by atoms with van der Waals surface area (Å²) in [4.78, 5) is 4.02. The fraction of sp³-hybridized carbons (Fsp3) is 0.214. The Balaban J connectivity index is 2.22. The van der Waals surface area contributed by atoms with Crippen LogP contribution in [0.1, 0.15) is 6.42 Å². The van der Waals surface area contributed by atoms with Crippen LogP contribution in [-0.2, 0) is 0 Å². The van der Waals surface area contributed by atoms with Crippen LogP contribution in [0.25, 0.3) is 11.1 Å². The van der Waals surface area contributed by atoms with Gasteiger partial charge in [0, 0.05) is 18.0 Å². The summed E-state index contributed by atoms with van der Waals surface area (Å²) in [5.74, 6) is 0.896. The third kappa shape index (κ3) is 3.04. The quantitative estimate of drug-likeness (QED) is 0.800. The SMILES string of the molecule is NCCCOc1ccccc1-c1ccncc1. The number of pyridine rings is 1.